The van der Waals surface area contributed by atoms with Gasteiger partial charge in [0.05, 0.1) is 13.1 Å². The molecule has 0 aromatic heterocycles. The lowest BCUT2D eigenvalue weighted by molar-refractivity contribution is -0.141. The SMILES string of the molecule is O=C(O)CN(CCCl)CC(=O)O. The Morgan fingerprint density at radius 1 is 1.17 bits per heavy atom. The topological polar surface area (TPSA) is 77.8 Å². The monoisotopic (exact) mass is 195 g/mol. The molecule has 2 N–H and O–H groups in total. The molecule has 0 aliphatic heterocycles. The van der Waals surface area contributed by atoms with Crippen LogP contribution < -0.4 is 0 Å². The van der Waals surface area contributed by atoms with Gasteiger partial charge in [0.1, 0.15) is 0 Å². The third-order valence-corrected chi connectivity index (χ3v) is 1.29. The van der Waals surface area contributed by atoms with Crippen molar-refractivity contribution in [1.29, 1.82) is 0 Å². The molecule has 0 aliphatic rings. The van der Waals surface area contributed by atoms with Crippen molar-refractivity contribution in [3.63, 3.8) is 0 Å². The first-order chi connectivity index (χ1) is 5.56. The number of carbonyl (C=O) groups is 2. The number of carboxylic acids is 2. The summed E-state index contributed by atoms with van der Waals surface area (Å²) in [6.45, 7) is -0.321. The normalized spacial score (nSPS) is 10.2. The minimum Gasteiger partial charge on any atom is -0.480 e. The first-order valence-corrected chi connectivity index (χ1v) is 3.81. The Labute approximate surface area is 74.5 Å². The van der Waals surface area contributed by atoms with Crippen LogP contribution >= 0.6 is 11.6 Å². The second-order valence-electron chi connectivity index (χ2n) is 2.19. The molecule has 12 heavy (non-hydrogen) atoms. The molecule has 0 amide bonds. The lowest BCUT2D eigenvalue weighted by Gasteiger charge is -2.15. The van der Waals surface area contributed by atoms with E-state index in [2.05, 4.69) is 0 Å². The van der Waals surface area contributed by atoms with Crippen LogP contribution in [0.4, 0.5) is 0 Å². The average Bonchev–Trinajstić information content (AvgIpc) is 1.84. The van der Waals surface area contributed by atoms with E-state index >= 15 is 0 Å². The fraction of sp³-hybridized carbons (Fsp3) is 0.667. The third kappa shape index (κ3) is 5.94. The number of nitrogens with zero attached hydrogens (tertiary/aromatic N) is 1. The summed E-state index contributed by atoms with van der Waals surface area (Å²) in [6.07, 6.45) is 0. The molecule has 0 atom stereocenters. The maximum absolute atomic E-state index is 10.2. The molecular formula is C6H10ClNO4. The number of aliphatic carboxylic acids is 2. The summed E-state index contributed by atoms with van der Waals surface area (Å²) in [5.74, 6) is -1.89. The highest BCUT2D eigenvalue weighted by Gasteiger charge is 2.11. The van der Waals surface area contributed by atoms with Crippen LogP contribution in [0.2, 0.25) is 0 Å². The third-order valence-electron chi connectivity index (χ3n) is 1.12. The highest BCUT2D eigenvalue weighted by Crippen LogP contribution is 1.89. The molecule has 0 fully saturated rings. The molecule has 0 saturated heterocycles. The molecule has 0 aromatic carbocycles. The van der Waals surface area contributed by atoms with Crippen molar-refractivity contribution in [2.24, 2.45) is 0 Å². The van der Waals surface area contributed by atoms with Gasteiger partial charge in [-0.05, 0) is 0 Å². The van der Waals surface area contributed by atoms with E-state index < -0.39 is 11.9 Å². The molecule has 0 saturated carbocycles. The second-order valence-corrected chi connectivity index (χ2v) is 2.57. The number of carboxylic acid groups (broad SMARTS) is 2. The van der Waals surface area contributed by atoms with Crippen molar-refractivity contribution in [2.45, 2.75) is 0 Å². The van der Waals surface area contributed by atoms with E-state index in [-0.39, 0.29) is 25.5 Å². The summed E-state index contributed by atoms with van der Waals surface area (Å²) in [7, 11) is 0. The van der Waals surface area contributed by atoms with Crippen LogP contribution in [0.3, 0.4) is 0 Å². The second kappa shape index (κ2) is 5.79. The van der Waals surface area contributed by atoms with E-state index in [1.54, 1.807) is 0 Å². The van der Waals surface area contributed by atoms with Crippen molar-refractivity contribution >= 4 is 23.5 Å². The van der Waals surface area contributed by atoms with E-state index in [9.17, 15) is 9.59 Å². The standard InChI is InChI=1S/C6H10ClNO4/c7-1-2-8(3-5(9)10)4-6(11)12/h1-4H2,(H,9,10)(H,11,12). The van der Waals surface area contributed by atoms with Crippen LogP contribution in [-0.4, -0.2) is 52.6 Å². The zero-order valence-electron chi connectivity index (χ0n) is 6.36. The molecule has 0 bridgehead atoms. The van der Waals surface area contributed by atoms with Gasteiger partial charge in [0.15, 0.2) is 0 Å². The molecule has 6 heteroatoms. The molecular weight excluding hydrogens is 186 g/mol. The van der Waals surface area contributed by atoms with Crippen molar-refractivity contribution in [3.8, 4) is 0 Å². The van der Waals surface area contributed by atoms with Gasteiger partial charge in [-0.1, -0.05) is 0 Å². The Hall–Kier alpha value is -0.810. The van der Waals surface area contributed by atoms with Crippen molar-refractivity contribution in [2.75, 3.05) is 25.5 Å². The van der Waals surface area contributed by atoms with Gasteiger partial charge < -0.3 is 10.2 Å². The van der Waals surface area contributed by atoms with Gasteiger partial charge in [-0.2, -0.15) is 0 Å². The van der Waals surface area contributed by atoms with Gasteiger partial charge in [-0.3, -0.25) is 14.5 Å². The maximum atomic E-state index is 10.2. The zero-order valence-corrected chi connectivity index (χ0v) is 7.12. The number of rotatable bonds is 6. The van der Waals surface area contributed by atoms with Crippen molar-refractivity contribution in [3.05, 3.63) is 0 Å². The zero-order chi connectivity index (χ0) is 9.56. The first kappa shape index (κ1) is 11.2. The molecule has 0 spiro atoms. The summed E-state index contributed by atoms with van der Waals surface area (Å²) >= 11 is 5.34. The first-order valence-electron chi connectivity index (χ1n) is 3.28. The van der Waals surface area contributed by atoms with Crippen molar-refractivity contribution < 1.29 is 19.8 Å². The largest absolute Gasteiger partial charge is 0.480 e. The van der Waals surface area contributed by atoms with Crippen LogP contribution in [0, 0.1) is 0 Å². The predicted molar refractivity (Wildman–Crippen MR) is 42.4 cm³/mol. The quantitative estimate of drug-likeness (QED) is 0.569. The van der Waals surface area contributed by atoms with Crippen LogP contribution in [0.1, 0.15) is 0 Å². The van der Waals surface area contributed by atoms with E-state index in [0.29, 0.717) is 0 Å². The molecule has 0 unspecified atom stereocenters. The van der Waals surface area contributed by atoms with Crippen LogP contribution in [0.25, 0.3) is 0 Å². The Kier molecular flexibility index (Phi) is 5.40. The molecule has 0 radical (unpaired) electrons. The fourth-order valence-corrected chi connectivity index (χ4v) is 0.955. The molecule has 0 aliphatic carbocycles. The minimum absolute atomic E-state index is 0.223. The fourth-order valence-electron chi connectivity index (χ4n) is 0.716. The number of hydrogen-bond acceptors (Lipinski definition) is 3. The summed E-state index contributed by atoms with van der Waals surface area (Å²) in [4.78, 5) is 21.6. The number of alkyl halides is 1. The lowest BCUT2D eigenvalue weighted by Crippen LogP contribution is -2.35. The Morgan fingerprint density at radius 2 is 1.58 bits per heavy atom. The van der Waals surface area contributed by atoms with Gasteiger partial charge in [0.25, 0.3) is 0 Å². The van der Waals surface area contributed by atoms with E-state index in [1.807, 2.05) is 0 Å². The van der Waals surface area contributed by atoms with E-state index in [4.69, 9.17) is 21.8 Å². The van der Waals surface area contributed by atoms with E-state index in [1.165, 1.54) is 4.90 Å². The van der Waals surface area contributed by atoms with E-state index in [0.717, 1.165) is 0 Å². The highest BCUT2D eigenvalue weighted by atomic mass is 35.5. The van der Waals surface area contributed by atoms with Crippen LogP contribution in [-0.2, 0) is 9.59 Å². The molecule has 0 rings (SSSR count). The average molecular weight is 196 g/mol. The Morgan fingerprint density at radius 3 is 1.83 bits per heavy atom. The van der Waals surface area contributed by atoms with Gasteiger partial charge >= 0.3 is 11.9 Å². The van der Waals surface area contributed by atoms with Gasteiger partial charge in [-0.15, -0.1) is 11.6 Å². The number of hydrogen-bond donors (Lipinski definition) is 2. The molecule has 70 valence electrons. The van der Waals surface area contributed by atoms with Gasteiger partial charge in [0, 0.05) is 12.4 Å². The highest BCUT2D eigenvalue weighted by molar-refractivity contribution is 6.18. The molecule has 0 heterocycles. The van der Waals surface area contributed by atoms with Crippen molar-refractivity contribution in [1.82, 2.24) is 4.90 Å². The number of halogens is 1. The maximum Gasteiger partial charge on any atom is 0.317 e. The predicted octanol–water partition coefficient (Wildman–Crippen LogP) is -0.304. The lowest BCUT2D eigenvalue weighted by atomic mass is 10.4. The van der Waals surface area contributed by atoms with Crippen LogP contribution in [0.5, 0.6) is 0 Å². The minimum atomic E-state index is -1.05. The van der Waals surface area contributed by atoms with Gasteiger partial charge in [0.2, 0.25) is 0 Å². The molecule has 0 aromatic rings. The Bertz CT molecular complexity index is 157. The summed E-state index contributed by atoms with van der Waals surface area (Å²) < 4.78 is 0. The smallest absolute Gasteiger partial charge is 0.317 e. The van der Waals surface area contributed by atoms with Gasteiger partial charge in [-0.25, -0.2) is 0 Å². The summed E-state index contributed by atoms with van der Waals surface area (Å²) in [5, 5.41) is 16.7. The summed E-state index contributed by atoms with van der Waals surface area (Å²) in [5.41, 5.74) is 0. The Balaban J connectivity index is 3.85. The molecule has 5 nitrogen and oxygen atoms in total. The summed E-state index contributed by atoms with van der Waals surface area (Å²) in [6, 6.07) is 0. The van der Waals surface area contributed by atoms with Crippen LogP contribution in [0.15, 0.2) is 0 Å².